The molecule has 0 unspecified atom stereocenters. The Balaban J connectivity index is 2.22. The number of hydrogen-bond acceptors (Lipinski definition) is 3. The standard InChI is InChI=1S/C16H14O4/c1-19-11-6-7-14-13(8-11)15(16(17)18)12-5-3-2-4-10(12)9-20-14/h2-8,15H,9H2,1H3,(H,17,18)/t15-/m1/s1. The van der Waals surface area contributed by atoms with Crippen molar-refractivity contribution < 1.29 is 19.4 Å². The number of benzene rings is 2. The smallest absolute Gasteiger partial charge is 0.315 e. The van der Waals surface area contributed by atoms with Gasteiger partial charge in [0.25, 0.3) is 0 Å². The quantitative estimate of drug-likeness (QED) is 0.911. The molecule has 1 aliphatic heterocycles. The molecule has 0 aromatic heterocycles. The molecule has 0 aliphatic carbocycles. The van der Waals surface area contributed by atoms with E-state index in [2.05, 4.69) is 0 Å². The number of carboxylic acid groups (broad SMARTS) is 1. The summed E-state index contributed by atoms with van der Waals surface area (Å²) >= 11 is 0. The molecular formula is C16H14O4. The molecule has 3 rings (SSSR count). The van der Waals surface area contributed by atoms with Gasteiger partial charge in [0.2, 0.25) is 0 Å². The SMILES string of the molecule is COc1ccc2c(c1)[C@H](C(=O)O)c1ccccc1CO2. The highest BCUT2D eigenvalue weighted by Crippen LogP contribution is 2.39. The summed E-state index contributed by atoms with van der Waals surface area (Å²) in [6.07, 6.45) is 0. The molecule has 0 radical (unpaired) electrons. The zero-order valence-electron chi connectivity index (χ0n) is 11.0. The fourth-order valence-electron chi connectivity index (χ4n) is 2.55. The maximum absolute atomic E-state index is 11.7. The van der Waals surface area contributed by atoms with E-state index in [9.17, 15) is 9.90 Å². The van der Waals surface area contributed by atoms with Crippen molar-refractivity contribution >= 4 is 5.97 Å². The highest BCUT2D eigenvalue weighted by molar-refractivity contribution is 5.82. The first-order valence-electron chi connectivity index (χ1n) is 6.32. The van der Waals surface area contributed by atoms with E-state index in [1.54, 1.807) is 25.3 Å². The Morgan fingerprint density at radius 1 is 1.25 bits per heavy atom. The number of methoxy groups -OCH3 is 1. The topological polar surface area (TPSA) is 55.8 Å². The van der Waals surface area contributed by atoms with Gasteiger partial charge in [-0.3, -0.25) is 4.79 Å². The molecule has 1 heterocycles. The van der Waals surface area contributed by atoms with Crippen LogP contribution < -0.4 is 9.47 Å². The average Bonchev–Trinajstić information content (AvgIpc) is 2.62. The number of aliphatic carboxylic acids is 1. The lowest BCUT2D eigenvalue weighted by Gasteiger charge is -2.15. The second-order valence-electron chi connectivity index (χ2n) is 4.66. The van der Waals surface area contributed by atoms with Gasteiger partial charge in [-0.2, -0.15) is 0 Å². The molecule has 20 heavy (non-hydrogen) atoms. The van der Waals surface area contributed by atoms with Crippen molar-refractivity contribution in [2.75, 3.05) is 7.11 Å². The summed E-state index contributed by atoms with van der Waals surface area (Å²) < 4.78 is 10.9. The minimum atomic E-state index is -0.891. The van der Waals surface area contributed by atoms with Crippen LogP contribution in [0.4, 0.5) is 0 Å². The Labute approximate surface area is 116 Å². The Kier molecular flexibility index (Phi) is 3.06. The third kappa shape index (κ3) is 1.99. The maximum atomic E-state index is 11.7. The fraction of sp³-hybridized carbons (Fsp3) is 0.188. The van der Waals surface area contributed by atoms with Gasteiger partial charge in [0, 0.05) is 5.56 Å². The summed E-state index contributed by atoms with van der Waals surface area (Å²) in [7, 11) is 1.56. The molecule has 0 amide bonds. The van der Waals surface area contributed by atoms with Crippen LogP contribution in [0.2, 0.25) is 0 Å². The molecule has 4 nitrogen and oxygen atoms in total. The van der Waals surface area contributed by atoms with E-state index >= 15 is 0 Å². The molecule has 0 saturated carbocycles. The largest absolute Gasteiger partial charge is 0.497 e. The van der Waals surface area contributed by atoms with Crippen molar-refractivity contribution in [1.29, 1.82) is 0 Å². The second kappa shape index (κ2) is 4.89. The Morgan fingerprint density at radius 3 is 2.80 bits per heavy atom. The van der Waals surface area contributed by atoms with Gasteiger partial charge >= 0.3 is 5.97 Å². The van der Waals surface area contributed by atoms with E-state index in [0.717, 1.165) is 11.1 Å². The molecule has 102 valence electrons. The van der Waals surface area contributed by atoms with Crippen molar-refractivity contribution in [2.24, 2.45) is 0 Å². The molecule has 0 fully saturated rings. The van der Waals surface area contributed by atoms with Crippen LogP contribution in [-0.4, -0.2) is 18.2 Å². The molecule has 2 aromatic carbocycles. The first kappa shape index (κ1) is 12.5. The molecule has 2 aromatic rings. The summed E-state index contributed by atoms with van der Waals surface area (Å²) in [4.78, 5) is 11.7. The lowest BCUT2D eigenvalue weighted by molar-refractivity contribution is -0.137. The van der Waals surface area contributed by atoms with Crippen LogP contribution in [0, 0.1) is 0 Å². The first-order chi connectivity index (χ1) is 9.70. The Bertz CT molecular complexity index is 663. The summed E-state index contributed by atoms with van der Waals surface area (Å²) in [5.74, 6) is -0.413. The van der Waals surface area contributed by atoms with Crippen molar-refractivity contribution in [3.8, 4) is 11.5 Å². The van der Waals surface area contributed by atoms with Gasteiger partial charge in [-0.05, 0) is 29.3 Å². The molecule has 1 atom stereocenters. The zero-order valence-corrected chi connectivity index (χ0v) is 11.0. The van der Waals surface area contributed by atoms with Crippen LogP contribution in [0.15, 0.2) is 42.5 Å². The van der Waals surface area contributed by atoms with Crippen LogP contribution >= 0.6 is 0 Å². The van der Waals surface area contributed by atoms with E-state index in [-0.39, 0.29) is 0 Å². The van der Waals surface area contributed by atoms with E-state index in [1.165, 1.54) is 0 Å². The first-order valence-corrected chi connectivity index (χ1v) is 6.32. The normalized spacial score (nSPS) is 16.4. The number of rotatable bonds is 2. The predicted molar refractivity (Wildman–Crippen MR) is 73.2 cm³/mol. The monoisotopic (exact) mass is 270 g/mol. The van der Waals surface area contributed by atoms with Crippen LogP contribution in [-0.2, 0) is 11.4 Å². The molecular weight excluding hydrogens is 256 g/mol. The molecule has 0 spiro atoms. The van der Waals surface area contributed by atoms with E-state index in [0.29, 0.717) is 23.7 Å². The average molecular weight is 270 g/mol. The van der Waals surface area contributed by atoms with Gasteiger partial charge in [-0.15, -0.1) is 0 Å². The van der Waals surface area contributed by atoms with Crippen LogP contribution in [0.5, 0.6) is 11.5 Å². The van der Waals surface area contributed by atoms with E-state index < -0.39 is 11.9 Å². The third-order valence-electron chi connectivity index (χ3n) is 3.52. The second-order valence-corrected chi connectivity index (χ2v) is 4.66. The van der Waals surface area contributed by atoms with Crippen LogP contribution in [0.1, 0.15) is 22.6 Å². The number of carbonyl (C=O) groups is 1. The van der Waals surface area contributed by atoms with Crippen molar-refractivity contribution in [2.45, 2.75) is 12.5 Å². The molecule has 4 heteroatoms. The van der Waals surface area contributed by atoms with Gasteiger partial charge in [0.1, 0.15) is 24.0 Å². The summed E-state index contributed by atoms with van der Waals surface area (Å²) in [6, 6.07) is 12.7. The van der Waals surface area contributed by atoms with Gasteiger partial charge < -0.3 is 14.6 Å². The van der Waals surface area contributed by atoms with E-state index in [1.807, 2.05) is 24.3 Å². The summed E-state index contributed by atoms with van der Waals surface area (Å²) in [5, 5.41) is 9.62. The lowest BCUT2D eigenvalue weighted by atomic mass is 9.88. The third-order valence-corrected chi connectivity index (χ3v) is 3.52. The number of hydrogen-bond donors (Lipinski definition) is 1. The molecule has 0 saturated heterocycles. The van der Waals surface area contributed by atoms with Gasteiger partial charge in [0.05, 0.1) is 7.11 Å². The van der Waals surface area contributed by atoms with E-state index in [4.69, 9.17) is 9.47 Å². The molecule has 0 bridgehead atoms. The maximum Gasteiger partial charge on any atom is 0.315 e. The highest BCUT2D eigenvalue weighted by Gasteiger charge is 2.30. The zero-order chi connectivity index (χ0) is 14.1. The number of ether oxygens (including phenoxy) is 2. The van der Waals surface area contributed by atoms with Crippen molar-refractivity contribution in [1.82, 2.24) is 0 Å². The fourth-order valence-corrected chi connectivity index (χ4v) is 2.55. The Morgan fingerprint density at radius 2 is 2.05 bits per heavy atom. The van der Waals surface area contributed by atoms with Crippen molar-refractivity contribution in [3.63, 3.8) is 0 Å². The minimum absolute atomic E-state index is 0.374. The highest BCUT2D eigenvalue weighted by atomic mass is 16.5. The van der Waals surface area contributed by atoms with Gasteiger partial charge in [-0.1, -0.05) is 24.3 Å². The minimum Gasteiger partial charge on any atom is -0.497 e. The van der Waals surface area contributed by atoms with Crippen molar-refractivity contribution in [3.05, 3.63) is 59.2 Å². The lowest BCUT2D eigenvalue weighted by Crippen LogP contribution is -2.13. The predicted octanol–water partition coefficient (Wildman–Crippen LogP) is 2.80. The Hall–Kier alpha value is -2.49. The van der Waals surface area contributed by atoms with Gasteiger partial charge in [-0.25, -0.2) is 0 Å². The van der Waals surface area contributed by atoms with Crippen LogP contribution in [0.25, 0.3) is 0 Å². The number of fused-ring (bicyclic) bond motifs is 2. The molecule has 1 aliphatic rings. The van der Waals surface area contributed by atoms with Crippen LogP contribution in [0.3, 0.4) is 0 Å². The number of carboxylic acids is 1. The summed E-state index contributed by atoms with van der Waals surface area (Å²) in [5.41, 5.74) is 2.30. The molecule has 1 N–H and O–H groups in total. The van der Waals surface area contributed by atoms with Gasteiger partial charge in [0.15, 0.2) is 0 Å². The summed E-state index contributed by atoms with van der Waals surface area (Å²) in [6.45, 7) is 0.374.